The Morgan fingerprint density at radius 2 is 2.11 bits per heavy atom. The third kappa shape index (κ3) is 2.50. The zero-order chi connectivity index (χ0) is 12.4. The molecule has 1 unspecified atom stereocenters. The van der Waals surface area contributed by atoms with Crippen LogP contribution in [0, 0.1) is 0 Å². The first kappa shape index (κ1) is 12.3. The Kier molecular flexibility index (Phi) is 3.75. The summed E-state index contributed by atoms with van der Waals surface area (Å²) in [4.78, 5) is 0. The summed E-state index contributed by atoms with van der Waals surface area (Å²) in [6.45, 7) is 2.62. The molecule has 18 heavy (non-hydrogen) atoms. The number of fused-ring (bicyclic) bond motifs is 1. The van der Waals surface area contributed by atoms with Gasteiger partial charge in [-0.15, -0.1) is 0 Å². The van der Waals surface area contributed by atoms with Gasteiger partial charge >= 0.3 is 0 Å². The van der Waals surface area contributed by atoms with E-state index in [1.165, 1.54) is 18.4 Å². The second-order valence-electron chi connectivity index (χ2n) is 4.91. The minimum atomic E-state index is 0.603. The molecule has 1 atom stereocenters. The second-order valence-corrected chi connectivity index (χ2v) is 5.71. The molecule has 0 saturated carbocycles. The third-order valence-electron chi connectivity index (χ3n) is 3.56. The Morgan fingerprint density at radius 1 is 1.22 bits per heavy atom. The molecule has 0 aromatic heterocycles. The van der Waals surface area contributed by atoms with Crippen molar-refractivity contribution in [1.29, 1.82) is 0 Å². The highest BCUT2D eigenvalue weighted by atomic mass is 79.9. The van der Waals surface area contributed by atoms with E-state index < -0.39 is 0 Å². The predicted octanol–water partition coefficient (Wildman–Crippen LogP) is 2.90. The van der Waals surface area contributed by atoms with E-state index in [4.69, 9.17) is 9.47 Å². The van der Waals surface area contributed by atoms with Gasteiger partial charge in [-0.1, -0.05) is 6.07 Å². The van der Waals surface area contributed by atoms with Crippen LogP contribution in [0.4, 0.5) is 0 Å². The average Bonchev–Trinajstić information content (AvgIpc) is 2.76. The monoisotopic (exact) mass is 311 g/mol. The Hall–Kier alpha value is -0.740. The number of hydrogen-bond donors (Lipinski definition) is 1. The topological polar surface area (TPSA) is 30.5 Å². The average molecular weight is 312 g/mol. The van der Waals surface area contributed by atoms with Crippen LogP contribution >= 0.6 is 15.9 Å². The van der Waals surface area contributed by atoms with Crippen LogP contribution in [0.5, 0.6) is 11.5 Å². The minimum Gasteiger partial charge on any atom is -0.490 e. The van der Waals surface area contributed by atoms with Crippen LogP contribution in [0.3, 0.4) is 0 Å². The largest absolute Gasteiger partial charge is 0.490 e. The van der Waals surface area contributed by atoms with Crippen LogP contribution in [0.1, 0.15) is 24.8 Å². The van der Waals surface area contributed by atoms with Crippen molar-refractivity contribution in [2.24, 2.45) is 0 Å². The molecule has 0 amide bonds. The van der Waals surface area contributed by atoms with E-state index in [-0.39, 0.29) is 0 Å². The fourth-order valence-corrected chi connectivity index (χ4v) is 3.20. The first-order valence-corrected chi connectivity index (χ1v) is 7.44. The summed E-state index contributed by atoms with van der Waals surface area (Å²) in [6.07, 6.45) is 4.55. The Bertz CT molecular complexity index is 430. The summed E-state index contributed by atoms with van der Waals surface area (Å²) in [5, 5.41) is 3.53. The van der Waals surface area contributed by atoms with Crippen molar-refractivity contribution in [2.45, 2.75) is 31.7 Å². The van der Waals surface area contributed by atoms with Crippen LogP contribution in [0.25, 0.3) is 0 Å². The molecule has 1 fully saturated rings. The van der Waals surface area contributed by atoms with Gasteiger partial charge in [-0.25, -0.2) is 0 Å². The number of hydrogen-bond acceptors (Lipinski definition) is 3. The van der Waals surface area contributed by atoms with Gasteiger partial charge in [0, 0.05) is 12.5 Å². The Balaban J connectivity index is 1.84. The molecule has 0 radical (unpaired) electrons. The molecule has 1 N–H and O–H groups in total. The summed E-state index contributed by atoms with van der Waals surface area (Å²) < 4.78 is 12.5. The highest BCUT2D eigenvalue weighted by Crippen LogP contribution is 2.39. The molecule has 3 nitrogen and oxygen atoms in total. The van der Waals surface area contributed by atoms with Gasteiger partial charge in [-0.05, 0) is 53.4 Å². The SMILES string of the molecule is Brc1c(CC2CCCN2)ccc2c1OCCCO2. The second kappa shape index (κ2) is 5.49. The zero-order valence-electron chi connectivity index (χ0n) is 10.4. The number of ether oxygens (including phenoxy) is 2. The molecule has 1 saturated heterocycles. The molecule has 1 aromatic rings. The summed E-state index contributed by atoms with van der Waals surface area (Å²) >= 11 is 3.68. The van der Waals surface area contributed by atoms with Crippen LogP contribution in [-0.4, -0.2) is 25.8 Å². The number of rotatable bonds is 2. The molecule has 0 bridgehead atoms. The number of benzene rings is 1. The molecule has 2 heterocycles. The molecule has 4 heteroatoms. The molecule has 3 rings (SSSR count). The predicted molar refractivity (Wildman–Crippen MR) is 74.5 cm³/mol. The van der Waals surface area contributed by atoms with Gasteiger partial charge < -0.3 is 14.8 Å². The maximum absolute atomic E-state index is 5.79. The first-order valence-electron chi connectivity index (χ1n) is 6.65. The highest BCUT2D eigenvalue weighted by molar-refractivity contribution is 9.10. The molecular weight excluding hydrogens is 294 g/mol. The van der Waals surface area contributed by atoms with Crippen molar-refractivity contribution in [3.05, 3.63) is 22.2 Å². The van der Waals surface area contributed by atoms with Crippen LogP contribution in [0.2, 0.25) is 0 Å². The van der Waals surface area contributed by atoms with Crippen molar-refractivity contribution in [3.8, 4) is 11.5 Å². The van der Waals surface area contributed by atoms with Crippen LogP contribution in [-0.2, 0) is 6.42 Å². The summed E-state index contributed by atoms with van der Waals surface area (Å²) in [7, 11) is 0. The van der Waals surface area contributed by atoms with Gasteiger partial charge in [-0.3, -0.25) is 0 Å². The lowest BCUT2D eigenvalue weighted by atomic mass is 10.0. The minimum absolute atomic E-state index is 0.603. The summed E-state index contributed by atoms with van der Waals surface area (Å²) in [6, 6.07) is 4.79. The maximum Gasteiger partial charge on any atom is 0.175 e. The van der Waals surface area contributed by atoms with Gasteiger partial charge in [0.25, 0.3) is 0 Å². The van der Waals surface area contributed by atoms with Gasteiger partial charge in [0.2, 0.25) is 0 Å². The smallest absolute Gasteiger partial charge is 0.175 e. The van der Waals surface area contributed by atoms with Crippen LogP contribution in [0.15, 0.2) is 16.6 Å². The lowest BCUT2D eigenvalue weighted by Crippen LogP contribution is -2.23. The van der Waals surface area contributed by atoms with Gasteiger partial charge in [-0.2, -0.15) is 0 Å². The van der Waals surface area contributed by atoms with Gasteiger partial charge in [0.1, 0.15) is 0 Å². The molecular formula is C14H18BrNO2. The Labute approximate surface area is 116 Å². The van der Waals surface area contributed by atoms with Crippen molar-refractivity contribution < 1.29 is 9.47 Å². The first-order chi connectivity index (χ1) is 8.84. The third-order valence-corrected chi connectivity index (χ3v) is 4.43. The highest BCUT2D eigenvalue weighted by Gasteiger charge is 2.20. The fraction of sp³-hybridized carbons (Fsp3) is 0.571. The van der Waals surface area contributed by atoms with Crippen molar-refractivity contribution >= 4 is 15.9 Å². The fourth-order valence-electron chi connectivity index (χ4n) is 2.60. The lowest BCUT2D eigenvalue weighted by molar-refractivity contribution is 0.296. The number of nitrogens with one attached hydrogen (secondary N) is 1. The summed E-state index contributed by atoms with van der Waals surface area (Å²) in [5.74, 6) is 1.74. The van der Waals surface area contributed by atoms with E-state index in [1.807, 2.05) is 6.07 Å². The quantitative estimate of drug-likeness (QED) is 0.911. The number of halogens is 1. The van der Waals surface area contributed by atoms with E-state index in [0.29, 0.717) is 6.04 Å². The standard InChI is InChI=1S/C14H18BrNO2/c15-13-10(9-11-3-1-6-16-11)4-5-12-14(13)18-8-2-7-17-12/h4-5,11,16H,1-3,6-9H2. The zero-order valence-corrected chi connectivity index (χ0v) is 12.0. The molecule has 98 valence electrons. The van der Waals surface area contributed by atoms with E-state index in [9.17, 15) is 0 Å². The van der Waals surface area contributed by atoms with E-state index in [0.717, 1.165) is 48.6 Å². The lowest BCUT2D eigenvalue weighted by Gasteiger charge is -2.15. The van der Waals surface area contributed by atoms with Gasteiger partial charge in [0.15, 0.2) is 11.5 Å². The van der Waals surface area contributed by atoms with E-state index in [1.54, 1.807) is 0 Å². The van der Waals surface area contributed by atoms with Crippen molar-refractivity contribution in [3.63, 3.8) is 0 Å². The van der Waals surface area contributed by atoms with Crippen molar-refractivity contribution in [1.82, 2.24) is 5.32 Å². The van der Waals surface area contributed by atoms with Gasteiger partial charge in [0.05, 0.1) is 17.7 Å². The molecule has 0 spiro atoms. The van der Waals surface area contributed by atoms with Crippen LogP contribution < -0.4 is 14.8 Å². The molecule has 0 aliphatic carbocycles. The maximum atomic E-state index is 5.79. The summed E-state index contributed by atoms with van der Waals surface area (Å²) in [5.41, 5.74) is 1.30. The van der Waals surface area contributed by atoms with E-state index in [2.05, 4.69) is 27.3 Å². The van der Waals surface area contributed by atoms with Crippen molar-refractivity contribution in [2.75, 3.05) is 19.8 Å². The molecule has 1 aromatic carbocycles. The van der Waals surface area contributed by atoms with E-state index >= 15 is 0 Å². The normalized spacial score (nSPS) is 22.8. The molecule has 2 aliphatic rings. The Morgan fingerprint density at radius 3 is 2.94 bits per heavy atom. The molecule has 2 aliphatic heterocycles.